The van der Waals surface area contributed by atoms with E-state index >= 15 is 0 Å². The summed E-state index contributed by atoms with van der Waals surface area (Å²) in [5.41, 5.74) is 7.34. The van der Waals surface area contributed by atoms with Crippen molar-refractivity contribution in [2.24, 2.45) is 0 Å². The van der Waals surface area contributed by atoms with Gasteiger partial charge in [0.25, 0.3) is 0 Å². The average molecular weight is 233 g/mol. The van der Waals surface area contributed by atoms with E-state index in [-0.39, 0.29) is 0 Å². The molecular weight excluding hydrogens is 218 g/mol. The van der Waals surface area contributed by atoms with Crippen LogP contribution in [-0.4, -0.2) is 11.6 Å². The summed E-state index contributed by atoms with van der Waals surface area (Å²) in [5, 5.41) is 3.17. The minimum absolute atomic E-state index is 0.463. The second-order valence-electron chi connectivity index (χ2n) is 3.51. The lowest BCUT2D eigenvalue weighted by Gasteiger charge is -2.09. The number of nitrogens with zero attached hydrogens (tertiary/aromatic N) is 1. The van der Waals surface area contributed by atoms with Crippen LogP contribution in [0.15, 0.2) is 35.1 Å². The summed E-state index contributed by atoms with van der Waals surface area (Å²) in [7, 11) is 0. The second-order valence-corrected chi connectivity index (χ2v) is 3.51. The predicted octanol–water partition coefficient (Wildman–Crippen LogP) is 2.27. The van der Waals surface area contributed by atoms with E-state index in [9.17, 15) is 0 Å². The van der Waals surface area contributed by atoms with Crippen molar-refractivity contribution >= 4 is 11.5 Å². The van der Waals surface area contributed by atoms with Crippen LogP contribution in [0, 0.1) is 0 Å². The first-order valence-electron chi connectivity index (χ1n) is 5.44. The molecule has 17 heavy (non-hydrogen) atoms. The first-order chi connectivity index (χ1) is 8.29. The number of anilines is 2. The van der Waals surface area contributed by atoms with E-state index in [1.807, 2.05) is 19.1 Å². The summed E-state index contributed by atoms with van der Waals surface area (Å²) in [4.78, 5) is 4.27. The largest absolute Gasteiger partial charge is 0.476 e. The molecule has 0 aliphatic rings. The fraction of sp³-hybridized carbons (Fsp3) is 0.250. The minimum atomic E-state index is 0.463. The molecule has 0 aromatic carbocycles. The van der Waals surface area contributed by atoms with Gasteiger partial charge >= 0.3 is 0 Å². The zero-order valence-electron chi connectivity index (χ0n) is 9.64. The van der Waals surface area contributed by atoms with Gasteiger partial charge in [0.15, 0.2) is 0 Å². The lowest BCUT2D eigenvalue weighted by atomic mass is 10.3. The molecule has 2 aromatic rings. The summed E-state index contributed by atoms with van der Waals surface area (Å²) in [5.74, 6) is 1.19. The van der Waals surface area contributed by atoms with Gasteiger partial charge in [0.05, 0.1) is 24.8 Å². The van der Waals surface area contributed by atoms with Crippen LogP contribution in [0.3, 0.4) is 0 Å². The molecule has 90 valence electrons. The Morgan fingerprint density at radius 1 is 1.41 bits per heavy atom. The molecule has 0 unspecified atom stereocenters. The van der Waals surface area contributed by atoms with Crippen LogP contribution in [0.4, 0.5) is 11.5 Å². The van der Waals surface area contributed by atoms with Crippen molar-refractivity contribution in [3.63, 3.8) is 0 Å². The summed E-state index contributed by atoms with van der Waals surface area (Å²) in [6.45, 7) is 3.09. The Morgan fingerprint density at radius 3 is 3.00 bits per heavy atom. The molecule has 0 bridgehead atoms. The van der Waals surface area contributed by atoms with Crippen molar-refractivity contribution in [3.05, 3.63) is 36.3 Å². The molecule has 0 amide bonds. The molecule has 0 radical (unpaired) electrons. The molecular formula is C12H15N3O2. The standard InChI is InChI=1S/C12H15N3O2/c1-2-17-12-10(13)3-4-11(15-12)14-7-9-5-6-16-8-9/h3-6,8H,2,7,13H2,1H3,(H,14,15). The maximum Gasteiger partial charge on any atom is 0.239 e. The number of furan rings is 1. The number of nitrogens with two attached hydrogens (primary N) is 1. The highest BCUT2D eigenvalue weighted by Crippen LogP contribution is 2.21. The van der Waals surface area contributed by atoms with Crippen molar-refractivity contribution in [2.45, 2.75) is 13.5 Å². The maximum atomic E-state index is 5.74. The minimum Gasteiger partial charge on any atom is -0.476 e. The number of rotatable bonds is 5. The Balaban J connectivity index is 2.03. The lowest BCUT2D eigenvalue weighted by molar-refractivity contribution is 0.329. The van der Waals surface area contributed by atoms with E-state index < -0.39 is 0 Å². The predicted molar refractivity (Wildman–Crippen MR) is 65.9 cm³/mol. The van der Waals surface area contributed by atoms with Gasteiger partial charge in [-0.15, -0.1) is 0 Å². The van der Waals surface area contributed by atoms with Gasteiger partial charge in [-0.1, -0.05) is 0 Å². The monoisotopic (exact) mass is 233 g/mol. The van der Waals surface area contributed by atoms with Crippen molar-refractivity contribution < 1.29 is 9.15 Å². The molecule has 5 nitrogen and oxygen atoms in total. The van der Waals surface area contributed by atoms with E-state index in [4.69, 9.17) is 14.9 Å². The average Bonchev–Trinajstić information content (AvgIpc) is 2.83. The summed E-state index contributed by atoms with van der Waals surface area (Å²) in [6, 6.07) is 5.49. The van der Waals surface area contributed by atoms with Crippen LogP contribution in [-0.2, 0) is 6.54 Å². The van der Waals surface area contributed by atoms with Crippen molar-refractivity contribution in [2.75, 3.05) is 17.7 Å². The van der Waals surface area contributed by atoms with Gasteiger partial charge in [-0.3, -0.25) is 0 Å². The van der Waals surface area contributed by atoms with E-state index in [0.717, 1.165) is 11.4 Å². The Bertz CT molecular complexity index is 469. The van der Waals surface area contributed by atoms with Crippen molar-refractivity contribution in [1.29, 1.82) is 0 Å². The fourth-order valence-electron chi connectivity index (χ4n) is 1.39. The fourth-order valence-corrected chi connectivity index (χ4v) is 1.39. The lowest BCUT2D eigenvalue weighted by Crippen LogP contribution is -2.04. The Hall–Kier alpha value is -2.17. The quantitative estimate of drug-likeness (QED) is 0.828. The van der Waals surface area contributed by atoms with E-state index in [1.54, 1.807) is 18.6 Å². The molecule has 5 heteroatoms. The third-order valence-corrected chi connectivity index (χ3v) is 2.22. The van der Waals surface area contributed by atoms with Gasteiger partial charge < -0.3 is 20.2 Å². The van der Waals surface area contributed by atoms with Crippen LogP contribution in [0.2, 0.25) is 0 Å². The summed E-state index contributed by atoms with van der Waals surface area (Å²) >= 11 is 0. The highest BCUT2D eigenvalue weighted by Gasteiger charge is 2.03. The molecule has 2 heterocycles. The molecule has 3 N–H and O–H groups in total. The van der Waals surface area contributed by atoms with E-state index in [1.165, 1.54) is 0 Å². The van der Waals surface area contributed by atoms with Crippen molar-refractivity contribution in [1.82, 2.24) is 4.98 Å². The Labute approximate surface area is 99.6 Å². The van der Waals surface area contributed by atoms with Crippen LogP contribution in [0.25, 0.3) is 0 Å². The number of ether oxygens (including phenoxy) is 1. The number of aromatic nitrogens is 1. The maximum absolute atomic E-state index is 5.74. The summed E-state index contributed by atoms with van der Waals surface area (Å²) in [6.07, 6.45) is 3.33. The highest BCUT2D eigenvalue weighted by atomic mass is 16.5. The van der Waals surface area contributed by atoms with Crippen LogP contribution < -0.4 is 15.8 Å². The van der Waals surface area contributed by atoms with Crippen molar-refractivity contribution in [3.8, 4) is 5.88 Å². The third kappa shape index (κ3) is 2.90. The van der Waals surface area contributed by atoms with Gasteiger partial charge in [-0.2, -0.15) is 4.98 Å². The Morgan fingerprint density at radius 2 is 2.29 bits per heavy atom. The van der Waals surface area contributed by atoms with Crippen LogP contribution in [0.5, 0.6) is 5.88 Å². The summed E-state index contributed by atoms with van der Waals surface area (Å²) < 4.78 is 10.3. The van der Waals surface area contributed by atoms with Gasteiger partial charge in [-0.05, 0) is 25.1 Å². The van der Waals surface area contributed by atoms with Crippen LogP contribution >= 0.6 is 0 Å². The van der Waals surface area contributed by atoms with Gasteiger partial charge in [0, 0.05) is 12.1 Å². The molecule has 0 saturated heterocycles. The smallest absolute Gasteiger partial charge is 0.239 e. The Kier molecular flexibility index (Phi) is 3.49. The zero-order valence-corrected chi connectivity index (χ0v) is 9.64. The third-order valence-electron chi connectivity index (χ3n) is 2.22. The van der Waals surface area contributed by atoms with E-state index in [0.29, 0.717) is 24.7 Å². The number of hydrogen-bond donors (Lipinski definition) is 2. The normalized spacial score (nSPS) is 10.2. The molecule has 0 saturated carbocycles. The van der Waals surface area contributed by atoms with Crippen LogP contribution in [0.1, 0.15) is 12.5 Å². The van der Waals surface area contributed by atoms with E-state index in [2.05, 4.69) is 10.3 Å². The zero-order chi connectivity index (χ0) is 12.1. The highest BCUT2D eigenvalue weighted by molar-refractivity contribution is 5.53. The first-order valence-corrected chi connectivity index (χ1v) is 5.44. The number of hydrogen-bond acceptors (Lipinski definition) is 5. The SMILES string of the molecule is CCOc1nc(NCc2ccoc2)ccc1N. The number of pyridine rings is 1. The number of nitrogens with one attached hydrogen (secondary N) is 1. The molecule has 0 atom stereocenters. The van der Waals surface area contributed by atoms with Gasteiger partial charge in [0.2, 0.25) is 5.88 Å². The molecule has 0 fully saturated rings. The second kappa shape index (κ2) is 5.25. The van der Waals surface area contributed by atoms with Gasteiger partial charge in [-0.25, -0.2) is 0 Å². The number of nitrogen functional groups attached to an aromatic ring is 1. The topological polar surface area (TPSA) is 73.3 Å². The molecule has 0 aliphatic carbocycles. The van der Waals surface area contributed by atoms with Gasteiger partial charge in [0.1, 0.15) is 5.82 Å². The first kappa shape index (κ1) is 11.3. The molecule has 2 aromatic heterocycles. The molecule has 0 spiro atoms. The molecule has 2 rings (SSSR count). The molecule has 0 aliphatic heterocycles.